The quantitative estimate of drug-likeness (QED) is 0.920. The molecule has 0 saturated carbocycles. The number of pyridine rings is 1. The van der Waals surface area contributed by atoms with Crippen LogP contribution < -0.4 is 4.90 Å². The minimum Gasteiger partial charge on any atom is -0.478 e. The molecule has 1 N–H and O–H groups in total. The summed E-state index contributed by atoms with van der Waals surface area (Å²) < 4.78 is 0. The highest BCUT2D eigenvalue weighted by atomic mass is 32.1. The van der Waals surface area contributed by atoms with Crippen molar-refractivity contribution in [1.82, 2.24) is 4.98 Å². The molecule has 0 aliphatic rings. The standard InChI is InChI=1S/C13H14N2O2S/c1-9-6-10(13(16)17)7-12(14-9)15(2)8-11-4-3-5-18-11/h3-7H,8H2,1-2H3,(H,16,17). The fraction of sp³-hybridized carbons (Fsp3) is 0.231. The highest BCUT2D eigenvalue weighted by molar-refractivity contribution is 7.09. The third-order valence-electron chi connectivity index (χ3n) is 2.55. The first-order valence-electron chi connectivity index (χ1n) is 5.52. The maximum absolute atomic E-state index is 11.0. The van der Waals surface area contributed by atoms with Gasteiger partial charge >= 0.3 is 5.97 Å². The minimum absolute atomic E-state index is 0.274. The predicted octanol–water partition coefficient (Wildman–Crippen LogP) is 2.79. The van der Waals surface area contributed by atoms with E-state index in [0.717, 1.165) is 6.54 Å². The monoisotopic (exact) mass is 262 g/mol. The Bertz CT molecular complexity index is 552. The zero-order valence-electron chi connectivity index (χ0n) is 10.3. The van der Waals surface area contributed by atoms with E-state index in [0.29, 0.717) is 11.5 Å². The second-order valence-electron chi connectivity index (χ2n) is 4.10. The van der Waals surface area contributed by atoms with Crippen molar-refractivity contribution in [3.63, 3.8) is 0 Å². The van der Waals surface area contributed by atoms with Gasteiger partial charge in [-0.2, -0.15) is 0 Å². The van der Waals surface area contributed by atoms with Crippen LogP contribution >= 0.6 is 11.3 Å². The van der Waals surface area contributed by atoms with Crippen LogP contribution in [0.2, 0.25) is 0 Å². The van der Waals surface area contributed by atoms with E-state index < -0.39 is 5.97 Å². The largest absolute Gasteiger partial charge is 0.478 e. The normalized spacial score (nSPS) is 10.3. The first-order chi connectivity index (χ1) is 8.56. The Morgan fingerprint density at radius 3 is 2.89 bits per heavy atom. The molecule has 4 nitrogen and oxygen atoms in total. The number of rotatable bonds is 4. The Morgan fingerprint density at radius 2 is 2.28 bits per heavy atom. The van der Waals surface area contributed by atoms with Gasteiger partial charge < -0.3 is 10.0 Å². The second kappa shape index (κ2) is 5.18. The van der Waals surface area contributed by atoms with Gasteiger partial charge in [0.15, 0.2) is 0 Å². The lowest BCUT2D eigenvalue weighted by Crippen LogP contribution is -2.18. The molecule has 18 heavy (non-hydrogen) atoms. The second-order valence-corrected chi connectivity index (χ2v) is 5.13. The van der Waals surface area contributed by atoms with Crippen LogP contribution in [0.25, 0.3) is 0 Å². The zero-order valence-corrected chi connectivity index (χ0v) is 11.1. The highest BCUT2D eigenvalue weighted by Gasteiger charge is 2.10. The lowest BCUT2D eigenvalue weighted by molar-refractivity contribution is 0.0696. The fourth-order valence-corrected chi connectivity index (χ4v) is 2.44. The van der Waals surface area contributed by atoms with E-state index in [9.17, 15) is 4.79 Å². The molecule has 0 aromatic carbocycles. The Balaban J connectivity index is 2.24. The van der Waals surface area contributed by atoms with Crippen LogP contribution in [-0.4, -0.2) is 23.1 Å². The summed E-state index contributed by atoms with van der Waals surface area (Å²) in [7, 11) is 1.91. The number of nitrogens with zero attached hydrogens (tertiary/aromatic N) is 2. The number of aromatic nitrogens is 1. The summed E-state index contributed by atoms with van der Waals surface area (Å²) in [6, 6.07) is 7.23. The Morgan fingerprint density at radius 1 is 1.50 bits per heavy atom. The van der Waals surface area contributed by atoms with Crippen LogP contribution in [0, 0.1) is 6.92 Å². The van der Waals surface area contributed by atoms with Crippen molar-refractivity contribution < 1.29 is 9.90 Å². The molecule has 94 valence electrons. The van der Waals surface area contributed by atoms with E-state index in [4.69, 9.17) is 5.11 Å². The number of aryl methyl sites for hydroxylation is 1. The van der Waals surface area contributed by atoms with Gasteiger partial charge in [-0.1, -0.05) is 6.07 Å². The SMILES string of the molecule is Cc1cc(C(=O)O)cc(N(C)Cc2cccs2)n1. The van der Waals surface area contributed by atoms with Crippen molar-refractivity contribution in [1.29, 1.82) is 0 Å². The van der Waals surface area contributed by atoms with Crippen LogP contribution in [0.3, 0.4) is 0 Å². The van der Waals surface area contributed by atoms with E-state index in [1.165, 1.54) is 4.88 Å². The van der Waals surface area contributed by atoms with E-state index >= 15 is 0 Å². The van der Waals surface area contributed by atoms with Gasteiger partial charge in [-0.05, 0) is 30.5 Å². The molecule has 0 bridgehead atoms. The van der Waals surface area contributed by atoms with Crippen molar-refractivity contribution in [3.8, 4) is 0 Å². The Hall–Kier alpha value is -1.88. The molecule has 0 radical (unpaired) electrons. The van der Waals surface area contributed by atoms with Crippen molar-refractivity contribution >= 4 is 23.1 Å². The third-order valence-corrected chi connectivity index (χ3v) is 3.41. The molecule has 2 aromatic heterocycles. The zero-order chi connectivity index (χ0) is 13.1. The number of carbonyl (C=O) groups is 1. The molecule has 0 spiro atoms. The molecule has 0 atom stereocenters. The van der Waals surface area contributed by atoms with Crippen molar-refractivity contribution in [2.45, 2.75) is 13.5 Å². The number of carboxylic acids is 1. The first-order valence-corrected chi connectivity index (χ1v) is 6.40. The van der Waals surface area contributed by atoms with E-state index in [-0.39, 0.29) is 5.56 Å². The lowest BCUT2D eigenvalue weighted by Gasteiger charge is -2.18. The van der Waals surface area contributed by atoms with Gasteiger partial charge in [0.25, 0.3) is 0 Å². The van der Waals surface area contributed by atoms with Crippen LogP contribution in [0.15, 0.2) is 29.6 Å². The smallest absolute Gasteiger partial charge is 0.335 e. The van der Waals surface area contributed by atoms with Crippen LogP contribution in [0.4, 0.5) is 5.82 Å². The van der Waals surface area contributed by atoms with E-state index in [1.807, 2.05) is 23.4 Å². The lowest BCUT2D eigenvalue weighted by atomic mass is 10.2. The average molecular weight is 262 g/mol. The number of hydrogen-bond acceptors (Lipinski definition) is 4. The van der Waals surface area contributed by atoms with Crippen LogP contribution in [0.5, 0.6) is 0 Å². The summed E-state index contributed by atoms with van der Waals surface area (Å²) in [6.45, 7) is 2.53. The van der Waals surface area contributed by atoms with Gasteiger partial charge in [-0.3, -0.25) is 0 Å². The van der Waals surface area contributed by atoms with Gasteiger partial charge in [0, 0.05) is 17.6 Å². The topological polar surface area (TPSA) is 53.4 Å². The Labute approximate surface area is 110 Å². The number of carboxylic acid groups (broad SMARTS) is 1. The molecular weight excluding hydrogens is 248 g/mol. The maximum atomic E-state index is 11.0. The van der Waals surface area contributed by atoms with Crippen LogP contribution in [0.1, 0.15) is 20.9 Å². The molecule has 2 rings (SSSR count). The summed E-state index contributed by atoms with van der Waals surface area (Å²) in [6.07, 6.45) is 0. The summed E-state index contributed by atoms with van der Waals surface area (Å²) in [4.78, 5) is 18.5. The number of aromatic carboxylic acids is 1. The van der Waals surface area contributed by atoms with Gasteiger partial charge in [0.05, 0.1) is 12.1 Å². The first kappa shape index (κ1) is 12.6. The summed E-state index contributed by atoms with van der Waals surface area (Å²) in [5.41, 5.74) is 0.985. The van der Waals surface area contributed by atoms with E-state index in [1.54, 1.807) is 30.4 Å². The molecule has 0 unspecified atom stereocenters. The predicted molar refractivity (Wildman–Crippen MR) is 72.4 cm³/mol. The van der Waals surface area contributed by atoms with Gasteiger partial charge in [-0.25, -0.2) is 9.78 Å². The fourth-order valence-electron chi connectivity index (χ4n) is 1.69. The summed E-state index contributed by atoms with van der Waals surface area (Å²) in [5.74, 6) is -0.243. The molecular formula is C13H14N2O2S. The van der Waals surface area contributed by atoms with Crippen molar-refractivity contribution in [2.24, 2.45) is 0 Å². The minimum atomic E-state index is -0.925. The molecule has 0 fully saturated rings. The number of anilines is 1. The van der Waals surface area contributed by atoms with Crippen molar-refractivity contribution in [3.05, 3.63) is 45.8 Å². The van der Waals surface area contributed by atoms with Gasteiger partial charge in [0.2, 0.25) is 0 Å². The summed E-state index contributed by atoms with van der Waals surface area (Å²) in [5, 5.41) is 11.1. The molecule has 2 heterocycles. The van der Waals surface area contributed by atoms with Crippen molar-refractivity contribution in [2.75, 3.05) is 11.9 Å². The maximum Gasteiger partial charge on any atom is 0.335 e. The molecule has 0 amide bonds. The molecule has 0 aliphatic heterocycles. The average Bonchev–Trinajstić information content (AvgIpc) is 2.80. The third kappa shape index (κ3) is 2.87. The highest BCUT2D eigenvalue weighted by Crippen LogP contribution is 2.18. The number of hydrogen-bond donors (Lipinski definition) is 1. The van der Waals surface area contributed by atoms with Crippen LogP contribution in [-0.2, 0) is 6.54 Å². The molecule has 0 saturated heterocycles. The van der Waals surface area contributed by atoms with E-state index in [2.05, 4.69) is 11.1 Å². The molecule has 5 heteroatoms. The molecule has 0 aliphatic carbocycles. The Kier molecular flexibility index (Phi) is 3.62. The summed E-state index contributed by atoms with van der Waals surface area (Å²) >= 11 is 1.67. The van der Waals surface area contributed by atoms with Gasteiger partial charge in [-0.15, -0.1) is 11.3 Å². The molecule has 2 aromatic rings. The van der Waals surface area contributed by atoms with Gasteiger partial charge in [0.1, 0.15) is 5.82 Å². The number of thiophene rings is 1.